The summed E-state index contributed by atoms with van der Waals surface area (Å²) in [6.45, 7) is 0.803. The van der Waals surface area contributed by atoms with Crippen molar-refractivity contribution in [3.05, 3.63) is 94.6 Å². The predicted molar refractivity (Wildman–Crippen MR) is 126 cm³/mol. The number of amides is 1. The summed E-state index contributed by atoms with van der Waals surface area (Å²) in [5.74, 6) is 2.58. The van der Waals surface area contributed by atoms with Gasteiger partial charge in [0, 0.05) is 28.8 Å². The lowest BCUT2D eigenvalue weighted by atomic mass is 10.1. The van der Waals surface area contributed by atoms with Gasteiger partial charge in [0.05, 0.1) is 13.7 Å². The van der Waals surface area contributed by atoms with Gasteiger partial charge in [-0.3, -0.25) is 4.79 Å². The average molecular weight is 477 g/mol. The van der Waals surface area contributed by atoms with Crippen LogP contribution in [0.5, 0.6) is 17.2 Å². The number of carbonyl (C=O) groups excluding carboxylic acids is 1. The summed E-state index contributed by atoms with van der Waals surface area (Å²) in [6.07, 6.45) is 0. The largest absolute Gasteiger partial charge is 0.497 e. The molecule has 0 spiro atoms. The third kappa shape index (κ3) is 4.70. The first-order valence-electron chi connectivity index (χ1n) is 10.6. The molecule has 1 amide bonds. The minimum Gasteiger partial charge on any atom is -0.497 e. The molecule has 0 radical (unpaired) electrons. The molecule has 8 heteroatoms. The molecule has 0 atom stereocenters. The number of halogens is 1. The number of nitrogens with zero attached hydrogens (tertiary/aromatic N) is 2. The van der Waals surface area contributed by atoms with E-state index in [0.29, 0.717) is 40.1 Å². The fourth-order valence-electron chi connectivity index (χ4n) is 3.71. The number of fused-ring (bicyclic) bond motifs is 1. The standard InChI is InChI=1S/C26H21ClN2O5/c1-31-22-9-5-18(6-10-22)24-13-21(28-34-24)15-29(26(30)19-3-7-20(27)8-4-19)14-17-2-11-23-25(12-17)33-16-32-23/h2-13H,14-16H2,1H3. The molecule has 172 valence electrons. The lowest BCUT2D eigenvalue weighted by Crippen LogP contribution is -2.30. The summed E-state index contributed by atoms with van der Waals surface area (Å²) in [6, 6.07) is 21.8. The van der Waals surface area contributed by atoms with Gasteiger partial charge in [0.25, 0.3) is 5.91 Å². The van der Waals surface area contributed by atoms with Gasteiger partial charge >= 0.3 is 0 Å². The van der Waals surface area contributed by atoms with E-state index in [9.17, 15) is 4.79 Å². The highest BCUT2D eigenvalue weighted by Crippen LogP contribution is 2.33. The van der Waals surface area contributed by atoms with E-state index in [1.54, 1.807) is 36.3 Å². The summed E-state index contributed by atoms with van der Waals surface area (Å²) in [5.41, 5.74) is 2.94. The van der Waals surface area contributed by atoms with E-state index >= 15 is 0 Å². The van der Waals surface area contributed by atoms with Gasteiger partial charge in [-0.15, -0.1) is 0 Å². The molecule has 0 saturated heterocycles. The zero-order valence-corrected chi connectivity index (χ0v) is 19.1. The summed E-state index contributed by atoms with van der Waals surface area (Å²) in [4.78, 5) is 15.1. The maximum absolute atomic E-state index is 13.4. The van der Waals surface area contributed by atoms with Crippen molar-refractivity contribution in [1.82, 2.24) is 10.1 Å². The van der Waals surface area contributed by atoms with Crippen LogP contribution < -0.4 is 14.2 Å². The van der Waals surface area contributed by atoms with Gasteiger partial charge in [-0.2, -0.15) is 0 Å². The van der Waals surface area contributed by atoms with Crippen molar-refractivity contribution in [2.75, 3.05) is 13.9 Å². The van der Waals surface area contributed by atoms with Gasteiger partial charge in [-0.25, -0.2) is 0 Å². The lowest BCUT2D eigenvalue weighted by Gasteiger charge is -2.22. The summed E-state index contributed by atoms with van der Waals surface area (Å²) in [7, 11) is 1.62. The van der Waals surface area contributed by atoms with E-state index < -0.39 is 0 Å². The second-order valence-electron chi connectivity index (χ2n) is 7.77. The quantitative estimate of drug-likeness (QED) is 0.347. The average Bonchev–Trinajstić information content (AvgIpc) is 3.53. The predicted octanol–water partition coefficient (Wildman–Crippen LogP) is 5.57. The number of ether oxygens (including phenoxy) is 3. The lowest BCUT2D eigenvalue weighted by molar-refractivity contribution is 0.0726. The molecule has 0 saturated carbocycles. The van der Waals surface area contributed by atoms with Crippen LogP contribution >= 0.6 is 11.6 Å². The van der Waals surface area contributed by atoms with Crippen molar-refractivity contribution >= 4 is 17.5 Å². The smallest absolute Gasteiger partial charge is 0.254 e. The molecule has 1 aliphatic rings. The second-order valence-corrected chi connectivity index (χ2v) is 8.20. The van der Waals surface area contributed by atoms with Crippen molar-refractivity contribution in [3.8, 4) is 28.6 Å². The van der Waals surface area contributed by atoms with E-state index in [0.717, 1.165) is 16.9 Å². The van der Waals surface area contributed by atoms with Crippen molar-refractivity contribution in [2.24, 2.45) is 0 Å². The van der Waals surface area contributed by atoms with Crippen LogP contribution in [-0.2, 0) is 13.1 Å². The van der Waals surface area contributed by atoms with Gasteiger partial charge in [0.1, 0.15) is 11.4 Å². The van der Waals surface area contributed by atoms with Gasteiger partial charge in [0.2, 0.25) is 6.79 Å². The van der Waals surface area contributed by atoms with Gasteiger partial charge < -0.3 is 23.6 Å². The second kappa shape index (κ2) is 9.49. The monoisotopic (exact) mass is 476 g/mol. The van der Waals surface area contributed by atoms with Gasteiger partial charge in [-0.1, -0.05) is 22.8 Å². The first-order valence-corrected chi connectivity index (χ1v) is 11.0. The molecule has 0 aliphatic carbocycles. The van der Waals surface area contributed by atoms with E-state index in [-0.39, 0.29) is 19.2 Å². The van der Waals surface area contributed by atoms with Gasteiger partial charge in [-0.05, 0) is 66.2 Å². The molecule has 0 unspecified atom stereocenters. The molecule has 1 aliphatic heterocycles. The van der Waals surface area contributed by atoms with Crippen LogP contribution in [0.2, 0.25) is 5.02 Å². The Morgan fingerprint density at radius 3 is 2.50 bits per heavy atom. The Morgan fingerprint density at radius 1 is 0.971 bits per heavy atom. The minimum atomic E-state index is -0.150. The number of rotatable bonds is 7. The van der Waals surface area contributed by atoms with Crippen LogP contribution in [0.25, 0.3) is 11.3 Å². The Bertz CT molecular complexity index is 1300. The summed E-state index contributed by atoms with van der Waals surface area (Å²) >= 11 is 6.01. The molecule has 2 heterocycles. The van der Waals surface area contributed by atoms with Crippen molar-refractivity contribution in [3.63, 3.8) is 0 Å². The van der Waals surface area contributed by atoms with Crippen molar-refractivity contribution < 1.29 is 23.5 Å². The minimum absolute atomic E-state index is 0.150. The fraction of sp³-hybridized carbons (Fsp3) is 0.154. The molecule has 0 fully saturated rings. The SMILES string of the molecule is COc1ccc(-c2cc(CN(Cc3ccc4c(c3)OCO4)C(=O)c3ccc(Cl)cc3)no2)cc1. The topological polar surface area (TPSA) is 74.0 Å². The maximum atomic E-state index is 13.4. The molecule has 0 bridgehead atoms. The number of hydrogen-bond acceptors (Lipinski definition) is 6. The van der Waals surface area contributed by atoms with Crippen LogP contribution in [-0.4, -0.2) is 29.9 Å². The number of carbonyl (C=O) groups is 1. The Hall–Kier alpha value is -3.97. The molecule has 3 aromatic carbocycles. The van der Waals surface area contributed by atoms with Crippen LogP contribution in [0.1, 0.15) is 21.6 Å². The fourth-order valence-corrected chi connectivity index (χ4v) is 3.83. The van der Waals surface area contributed by atoms with Crippen LogP contribution in [0.15, 0.2) is 77.3 Å². The Kier molecular flexibility index (Phi) is 6.10. The van der Waals surface area contributed by atoms with Crippen LogP contribution in [0, 0.1) is 0 Å². The molecule has 7 nitrogen and oxygen atoms in total. The zero-order chi connectivity index (χ0) is 23.5. The third-order valence-corrected chi connectivity index (χ3v) is 5.73. The molecule has 34 heavy (non-hydrogen) atoms. The van der Waals surface area contributed by atoms with E-state index in [1.807, 2.05) is 48.5 Å². The first-order chi connectivity index (χ1) is 16.6. The molecule has 1 aromatic heterocycles. The molecule has 5 rings (SSSR count). The summed E-state index contributed by atoms with van der Waals surface area (Å²) in [5, 5.41) is 4.77. The Balaban J connectivity index is 1.40. The highest BCUT2D eigenvalue weighted by atomic mass is 35.5. The maximum Gasteiger partial charge on any atom is 0.254 e. The van der Waals surface area contributed by atoms with E-state index in [2.05, 4.69) is 5.16 Å². The number of benzene rings is 3. The highest BCUT2D eigenvalue weighted by Gasteiger charge is 2.21. The normalized spacial score (nSPS) is 11.9. The highest BCUT2D eigenvalue weighted by molar-refractivity contribution is 6.30. The molecular formula is C26H21ClN2O5. The number of aromatic nitrogens is 1. The number of hydrogen-bond donors (Lipinski definition) is 0. The molecule has 0 N–H and O–H groups in total. The van der Waals surface area contributed by atoms with Crippen LogP contribution in [0.3, 0.4) is 0 Å². The third-order valence-electron chi connectivity index (χ3n) is 5.48. The summed E-state index contributed by atoms with van der Waals surface area (Å²) < 4.78 is 21.6. The van der Waals surface area contributed by atoms with E-state index in [4.69, 9.17) is 30.3 Å². The first kappa shape index (κ1) is 21.9. The van der Waals surface area contributed by atoms with Crippen molar-refractivity contribution in [2.45, 2.75) is 13.1 Å². The van der Waals surface area contributed by atoms with E-state index in [1.165, 1.54) is 0 Å². The van der Waals surface area contributed by atoms with Gasteiger partial charge in [0.15, 0.2) is 17.3 Å². The van der Waals surface area contributed by atoms with Crippen LogP contribution in [0.4, 0.5) is 0 Å². The van der Waals surface area contributed by atoms with Crippen molar-refractivity contribution in [1.29, 1.82) is 0 Å². The number of methoxy groups -OCH3 is 1. The molecular weight excluding hydrogens is 456 g/mol. The zero-order valence-electron chi connectivity index (χ0n) is 18.4. The Morgan fingerprint density at radius 2 is 1.74 bits per heavy atom. The molecule has 4 aromatic rings. The Labute approximate surface area is 201 Å².